The number of phenolic OH excluding ortho intramolecular Hbond substituents is 1. The molecule has 0 aliphatic heterocycles. The first-order chi connectivity index (χ1) is 7.00. The molecular formula is C12H18ClNO2. The van der Waals surface area contributed by atoms with Crippen molar-refractivity contribution >= 4 is 18.2 Å². The van der Waals surface area contributed by atoms with E-state index < -0.39 is 0 Å². The van der Waals surface area contributed by atoms with Crippen LogP contribution in [0.3, 0.4) is 0 Å². The molecule has 0 aromatic heterocycles. The second-order valence-electron chi connectivity index (χ2n) is 4.07. The van der Waals surface area contributed by atoms with Crippen LogP contribution in [0, 0.1) is 5.92 Å². The molecule has 1 aromatic carbocycles. The van der Waals surface area contributed by atoms with Crippen LogP contribution in [0.5, 0.6) is 5.75 Å². The van der Waals surface area contributed by atoms with Gasteiger partial charge in [-0.3, -0.25) is 4.79 Å². The summed E-state index contributed by atoms with van der Waals surface area (Å²) in [6.45, 7) is 2.65. The quantitative estimate of drug-likeness (QED) is 0.825. The van der Waals surface area contributed by atoms with Crippen LogP contribution in [0.4, 0.5) is 0 Å². The molecule has 3 nitrogen and oxygen atoms in total. The molecule has 1 rings (SSSR count). The third-order valence-electron chi connectivity index (χ3n) is 2.24. The van der Waals surface area contributed by atoms with E-state index in [0.717, 1.165) is 6.54 Å². The van der Waals surface area contributed by atoms with Gasteiger partial charge < -0.3 is 10.0 Å². The Bertz CT molecular complexity index is 335. The van der Waals surface area contributed by atoms with Crippen molar-refractivity contribution in [3.05, 3.63) is 29.8 Å². The Hall–Kier alpha value is -1.06. The van der Waals surface area contributed by atoms with E-state index >= 15 is 0 Å². The topological polar surface area (TPSA) is 40.5 Å². The van der Waals surface area contributed by atoms with Crippen LogP contribution in [0.15, 0.2) is 24.3 Å². The number of hydrogen-bond donors (Lipinski definition) is 1. The minimum atomic E-state index is -0.0236. The first-order valence-electron chi connectivity index (χ1n) is 4.98. The van der Waals surface area contributed by atoms with Crippen molar-refractivity contribution in [1.29, 1.82) is 0 Å². The van der Waals surface area contributed by atoms with Gasteiger partial charge in [0.15, 0.2) is 5.78 Å². The van der Waals surface area contributed by atoms with Gasteiger partial charge in [0.1, 0.15) is 5.75 Å². The van der Waals surface area contributed by atoms with Crippen molar-refractivity contribution in [2.45, 2.75) is 6.92 Å². The molecule has 90 valence electrons. The summed E-state index contributed by atoms with van der Waals surface area (Å²) in [5.74, 6) is 0.278. The van der Waals surface area contributed by atoms with Crippen LogP contribution >= 0.6 is 12.4 Å². The van der Waals surface area contributed by atoms with Gasteiger partial charge in [-0.15, -0.1) is 12.4 Å². The van der Waals surface area contributed by atoms with Crippen molar-refractivity contribution in [2.24, 2.45) is 5.92 Å². The number of Topliss-reactive ketones (excluding diaryl/α,β-unsaturated/α-hetero) is 1. The number of benzene rings is 1. The maximum atomic E-state index is 11.9. The van der Waals surface area contributed by atoms with Gasteiger partial charge in [-0.2, -0.15) is 0 Å². The number of aromatic hydroxyl groups is 1. The van der Waals surface area contributed by atoms with Gasteiger partial charge in [0.2, 0.25) is 0 Å². The van der Waals surface area contributed by atoms with Crippen LogP contribution in [-0.2, 0) is 0 Å². The molecule has 0 aliphatic rings. The summed E-state index contributed by atoms with van der Waals surface area (Å²) in [7, 11) is 3.89. The fourth-order valence-corrected chi connectivity index (χ4v) is 1.54. The zero-order chi connectivity index (χ0) is 11.4. The van der Waals surface area contributed by atoms with E-state index in [1.165, 1.54) is 12.1 Å². The predicted octanol–water partition coefficient (Wildman–Crippen LogP) is 2.19. The van der Waals surface area contributed by atoms with Crippen molar-refractivity contribution in [1.82, 2.24) is 4.90 Å². The smallest absolute Gasteiger partial charge is 0.166 e. The molecule has 1 atom stereocenters. The molecule has 0 amide bonds. The highest BCUT2D eigenvalue weighted by atomic mass is 35.5. The third kappa shape index (κ3) is 4.21. The summed E-state index contributed by atoms with van der Waals surface area (Å²) >= 11 is 0. The SMILES string of the molecule is CC(CN(C)C)C(=O)c1ccc(O)cc1.Cl. The number of hydrogen-bond acceptors (Lipinski definition) is 3. The van der Waals surface area contributed by atoms with Gasteiger partial charge in [0.05, 0.1) is 0 Å². The number of nitrogens with zero attached hydrogens (tertiary/aromatic N) is 1. The lowest BCUT2D eigenvalue weighted by Gasteiger charge is -2.15. The second kappa shape index (κ2) is 6.51. The first kappa shape index (κ1) is 14.9. The van der Waals surface area contributed by atoms with Crippen molar-refractivity contribution in [3.8, 4) is 5.75 Å². The van der Waals surface area contributed by atoms with Crippen molar-refractivity contribution in [3.63, 3.8) is 0 Å². The Labute approximate surface area is 102 Å². The Morgan fingerprint density at radius 3 is 2.25 bits per heavy atom. The highest BCUT2D eigenvalue weighted by molar-refractivity contribution is 5.97. The molecule has 16 heavy (non-hydrogen) atoms. The zero-order valence-electron chi connectivity index (χ0n) is 9.80. The highest BCUT2D eigenvalue weighted by Gasteiger charge is 2.15. The number of phenols is 1. The lowest BCUT2D eigenvalue weighted by Crippen LogP contribution is -2.25. The lowest BCUT2D eigenvalue weighted by atomic mass is 9.99. The van der Waals surface area contributed by atoms with Gasteiger partial charge in [-0.25, -0.2) is 0 Å². The van der Waals surface area contributed by atoms with E-state index in [0.29, 0.717) is 5.56 Å². The van der Waals surface area contributed by atoms with Crippen molar-refractivity contribution in [2.75, 3.05) is 20.6 Å². The molecule has 0 saturated carbocycles. The summed E-state index contributed by atoms with van der Waals surface area (Å²) in [4.78, 5) is 13.9. The van der Waals surface area contributed by atoms with Crippen LogP contribution in [0.25, 0.3) is 0 Å². The molecule has 0 aliphatic carbocycles. The molecule has 0 radical (unpaired) electrons. The van der Waals surface area contributed by atoms with Crippen molar-refractivity contribution < 1.29 is 9.90 Å². The molecule has 1 N–H and O–H groups in total. The highest BCUT2D eigenvalue weighted by Crippen LogP contribution is 2.13. The summed E-state index contributed by atoms with van der Waals surface area (Å²) in [6, 6.07) is 6.39. The fraction of sp³-hybridized carbons (Fsp3) is 0.417. The Balaban J connectivity index is 0.00000225. The maximum absolute atomic E-state index is 11.9. The molecule has 1 aromatic rings. The van der Waals surface area contributed by atoms with E-state index in [4.69, 9.17) is 5.11 Å². The molecule has 0 fully saturated rings. The first-order valence-corrected chi connectivity index (χ1v) is 4.98. The second-order valence-corrected chi connectivity index (χ2v) is 4.07. The number of rotatable bonds is 4. The molecule has 0 heterocycles. The minimum absolute atomic E-state index is 0. The standard InChI is InChI=1S/C12H17NO2.ClH/c1-9(8-13(2)3)12(15)10-4-6-11(14)7-5-10;/h4-7,9,14H,8H2,1-3H3;1H. The van der Waals surface area contributed by atoms with Crippen LogP contribution in [0.2, 0.25) is 0 Å². The average Bonchev–Trinajstić information content (AvgIpc) is 2.17. The normalized spacial score (nSPS) is 12.0. The average molecular weight is 244 g/mol. The largest absolute Gasteiger partial charge is 0.508 e. The summed E-state index contributed by atoms with van der Waals surface area (Å²) in [5, 5.41) is 9.10. The Morgan fingerprint density at radius 2 is 1.81 bits per heavy atom. The summed E-state index contributed by atoms with van der Waals surface area (Å²) < 4.78 is 0. The van der Waals surface area contributed by atoms with Gasteiger partial charge in [-0.1, -0.05) is 6.92 Å². The molecular weight excluding hydrogens is 226 g/mol. The number of halogens is 1. The summed E-state index contributed by atoms with van der Waals surface area (Å²) in [5.41, 5.74) is 0.655. The monoisotopic (exact) mass is 243 g/mol. The van der Waals surface area contributed by atoms with Crippen LogP contribution < -0.4 is 0 Å². The van der Waals surface area contributed by atoms with Gasteiger partial charge in [-0.05, 0) is 38.4 Å². The Morgan fingerprint density at radius 1 is 1.31 bits per heavy atom. The minimum Gasteiger partial charge on any atom is -0.508 e. The zero-order valence-corrected chi connectivity index (χ0v) is 10.6. The lowest BCUT2D eigenvalue weighted by molar-refractivity contribution is 0.0910. The maximum Gasteiger partial charge on any atom is 0.166 e. The fourth-order valence-electron chi connectivity index (χ4n) is 1.54. The number of carbonyl (C=O) groups excluding carboxylic acids is 1. The molecule has 0 bridgehead atoms. The predicted molar refractivity (Wildman–Crippen MR) is 67.4 cm³/mol. The molecule has 4 heteroatoms. The third-order valence-corrected chi connectivity index (χ3v) is 2.24. The van der Waals surface area contributed by atoms with E-state index in [-0.39, 0.29) is 29.9 Å². The van der Waals surface area contributed by atoms with E-state index in [9.17, 15) is 4.79 Å². The molecule has 0 saturated heterocycles. The molecule has 0 spiro atoms. The number of ketones is 1. The van der Waals surface area contributed by atoms with E-state index in [1.54, 1.807) is 12.1 Å². The molecule has 1 unspecified atom stereocenters. The van der Waals surface area contributed by atoms with Crippen LogP contribution in [-0.4, -0.2) is 36.4 Å². The van der Waals surface area contributed by atoms with E-state index in [2.05, 4.69) is 0 Å². The number of carbonyl (C=O) groups is 1. The summed E-state index contributed by atoms with van der Waals surface area (Å²) in [6.07, 6.45) is 0. The van der Waals surface area contributed by atoms with Gasteiger partial charge in [0.25, 0.3) is 0 Å². The Kier molecular flexibility index (Phi) is 6.08. The van der Waals surface area contributed by atoms with E-state index in [1.807, 2.05) is 25.9 Å². The van der Waals surface area contributed by atoms with Crippen LogP contribution in [0.1, 0.15) is 17.3 Å². The van der Waals surface area contributed by atoms with Gasteiger partial charge >= 0.3 is 0 Å². The van der Waals surface area contributed by atoms with Gasteiger partial charge in [0, 0.05) is 18.0 Å².